The number of carbonyl (C=O) groups excluding carboxylic acids is 1. The molecule has 1 fully saturated rings. The van der Waals surface area contributed by atoms with E-state index >= 15 is 0 Å². The SMILES string of the molecule is C[C@H](C[C@H](O)c1ccco1)NC(=O)c1ccn(C2CCCC2)n1. The summed E-state index contributed by atoms with van der Waals surface area (Å²) in [7, 11) is 0. The Hall–Kier alpha value is -2.08. The van der Waals surface area contributed by atoms with E-state index in [4.69, 9.17) is 4.42 Å². The maximum absolute atomic E-state index is 12.3. The van der Waals surface area contributed by atoms with Gasteiger partial charge in [-0.15, -0.1) is 0 Å². The molecule has 3 rings (SSSR count). The van der Waals surface area contributed by atoms with E-state index in [1.54, 1.807) is 18.2 Å². The van der Waals surface area contributed by atoms with Gasteiger partial charge in [-0.1, -0.05) is 12.8 Å². The summed E-state index contributed by atoms with van der Waals surface area (Å²) in [5.41, 5.74) is 0.427. The Kier molecular flexibility index (Phi) is 4.81. The van der Waals surface area contributed by atoms with Crippen molar-refractivity contribution >= 4 is 5.91 Å². The highest BCUT2D eigenvalue weighted by molar-refractivity contribution is 5.92. The summed E-state index contributed by atoms with van der Waals surface area (Å²) in [6.07, 6.45) is 7.80. The quantitative estimate of drug-likeness (QED) is 0.858. The van der Waals surface area contributed by atoms with E-state index in [9.17, 15) is 9.90 Å². The summed E-state index contributed by atoms with van der Waals surface area (Å²) in [6.45, 7) is 1.86. The molecule has 2 aromatic rings. The van der Waals surface area contributed by atoms with E-state index < -0.39 is 6.10 Å². The maximum atomic E-state index is 12.3. The van der Waals surface area contributed by atoms with Crippen LogP contribution in [0.4, 0.5) is 0 Å². The second-order valence-electron chi connectivity index (χ2n) is 6.26. The number of carbonyl (C=O) groups is 1. The highest BCUT2D eigenvalue weighted by atomic mass is 16.4. The molecule has 0 aromatic carbocycles. The lowest BCUT2D eigenvalue weighted by Crippen LogP contribution is -2.34. The first-order chi connectivity index (χ1) is 11.1. The predicted octanol–water partition coefficient (Wildman–Crippen LogP) is 2.83. The van der Waals surface area contributed by atoms with E-state index in [-0.39, 0.29) is 11.9 Å². The lowest BCUT2D eigenvalue weighted by atomic mass is 10.1. The number of amides is 1. The van der Waals surface area contributed by atoms with Crippen molar-refractivity contribution in [2.24, 2.45) is 0 Å². The third-order valence-corrected chi connectivity index (χ3v) is 4.37. The molecule has 6 heteroatoms. The standard InChI is InChI=1S/C17H23N3O3/c1-12(11-15(21)16-7-4-10-23-16)18-17(22)14-8-9-20(19-14)13-5-2-3-6-13/h4,7-10,12-13,15,21H,2-3,5-6,11H2,1H3,(H,18,22)/t12-,15+/m1/s1. The molecule has 124 valence electrons. The molecular weight excluding hydrogens is 294 g/mol. The van der Waals surface area contributed by atoms with Crippen LogP contribution in [0, 0.1) is 0 Å². The minimum absolute atomic E-state index is 0.181. The Labute approximate surface area is 135 Å². The molecule has 0 spiro atoms. The molecule has 0 saturated heterocycles. The van der Waals surface area contributed by atoms with E-state index in [0.29, 0.717) is 23.9 Å². The van der Waals surface area contributed by atoms with Crippen LogP contribution in [-0.2, 0) is 0 Å². The van der Waals surface area contributed by atoms with Crippen LogP contribution in [0.5, 0.6) is 0 Å². The molecular formula is C17H23N3O3. The van der Waals surface area contributed by atoms with Crippen LogP contribution in [0.25, 0.3) is 0 Å². The Bertz CT molecular complexity index is 629. The number of nitrogens with zero attached hydrogens (tertiary/aromatic N) is 2. The van der Waals surface area contributed by atoms with Crippen LogP contribution in [0.3, 0.4) is 0 Å². The van der Waals surface area contributed by atoms with E-state index in [1.165, 1.54) is 19.1 Å². The number of hydrogen-bond acceptors (Lipinski definition) is 4. The van der Waals surface area contributed by atoms with Crippen molar-refractivity contribution in [2.75, 3.05) is 0 Å². The number of hydrogen-bond donors (Lipinski definition) is 2. The number of rotatable bonds is 6. The average molecular weight is 317 g/mol. The van der Waals surface area contributed by atoms with Gasteiger partial charge >= 0.3 is 0 Å². The molecule has 1 amide bonds. The van der Waals surface area contributed by atoms with Gasteiger partial charge in [0, 0.05) is 18.7 Å². The zero-order valence-electron chi connectivity index (χ0n) is 13.3. The van der Waals surface area contributed by atoms with Gasteiger partial charge in [-0.05, 0) is 38.0 Å². The van der Waals surface area contributed by atoms with Gasteiger partial charge in [0.15, 0.2) is 0 Å². The second-order valence-corrected chi connectivity index (χ2v) is 6.26. The largest absolute Gasteiger partial charge is 0.467 e. The minimum atomic E-state index is -0.726. The molecule has 0 aliphatic heterocycles. The van der Waals surface area contributed by atoms with Crippen LogP contribution < -0.4 is 5.32 Å². The molecule has 2 heterocycles. The fourth-order valence-electron chi connectivity index (χ4n) is 3.12. The number of aliphatic hydroxyl groups is 1. The van der Waals surface area contributed by atoms with Crippen molar-refractivity contribution < 1.29 is 14.3 Å². The molecule has 0 radical (unpaired) electrons. The fourth-order valence-corrected chi connectivity index (χ4v) is 3.12. The normalized spacial score (nSPS) is 18.0. The number of furan rings is 1. The second kappa shape index (κ2) is 7.00. The molecule has 1 aliphatic carbocycles. The first kappa shape index (κ1) is 15.8. The number of nitrogens with one attached hydrogen (secondary N) is 1. The molecule has 23 heavy (non-hydrogen) atoms. The summed E-state index contributed by atoms with van der Waals surface area (Å²) in [5, 5.41) is 17.3. The third kappa shape index (κ3) is 3.82. The van der Waals surface area contributed by atoms with Gasteiger partial charge in [0.1, 0.15) is 17.6 Å². The number of aliphatic hydroxyl groups excluding tert-OH is 1. The molecule has 1 aliphatic rings. The lowest BCUT2D eigenvalue weighted by molar-refractivity contribution is 0.0897. The summed E-state index contributed by atoms with van der Waals surface area (Å²) < 4.78 is 7.07. The van der Waals surface area contributed by atoms with Gasteiger partial charge in [0.25, 0.3) is 5.91 Å². The number of aromatic nitrogens is 2. The maximum Gasteiger partial charge on any atom is 0.271 e. The van der Waals surface area contributed by atoms with Crippen LogP contribution in [-0.4, -0.2) is 26.8 Å². The first-order valence-electron chi connectivity index (χ1n) is 8.21. The molecule has 0 unspecified atom stereocenters. The smallest absolute Gasteiger partial charge is 0.271 e. The Balaban J connectivity index is 1.54. The van der Waals surface area contributed by atoms with Gasteiger partial charge in [-0.25, -0.2) is 0 Å². The van der Waals surface area contributed by atoms with Gasteiger partial charge in [-0.2, -0.15) is 5.10 Å². The van der Waals surface area contributed by atoms with Crippen molar-refractivity contribution in [1.29, 1.82) is 0 Å². The van der Waals surface area contributed by atoms with Crippen molar-refractivity contribution in [2.45, 2.75) is 57.2 Å². The molecule has 6 nitrogen and oxygen atoms in total. The molecule has 0 bridgehead atoms. The highest BCUT2D eigenvalue weighted by Gasteiger charge is 2.21. The average Bonchev–Trinajstić information content (AvgIpc) is 3.27. The van der Waals surface area contributed by atoms with Gasteiger partial charge in [0.05, 0.1) is 12.3 Å². The molecule has 2 N–H and O–H groups in total. The third-order valence-electron chi connectivity index (χ3n) is 4.37. The molecule has 1 saturated carbocycles. The first-order valence-corrected chi connectivity index (χ1v) is 8.21. The van der Waals surface area contributed by atoms with E-state index in [2.05, 4.69) is 10.4 Å². The zero-order valence-corrected chi connectivity index (χ0v) is 13.3. The monoisotopic (exact) mass is 317 g/mol. The zero-order chi connectivity index (χ0) is 16.2. The van der Waals surface area contributed by atoms with Crippen LogP contribution >= 0.6 is 0 Å². The Morgan fingerprint density at radius 3 is 2.96 bits per heavy atom. The van der Waals surface area contributed by atoms with Crippen LogP contribution in [0.2, 0.25) is 0 Å². The predicted molar refractivity (Wildman–Crippen MR) is 84.9 cm³/mol. The highest BCUT2D eigenvalue weighted by Crippen LogP contribution is 2.28. The van der Waals surface area contributed by atoms with Crippen molar-refractivity contribution in [1.82, 2.24) is 15.1 Å². The van der Waals surface area contributed by atoms with Crippen LogP contribution in [0.15, 0.2) is 35.1 Å². The van der Waals surface area contributed by atoms with Gasteiger partial charge in [-0.3, -0.25) is 9.48 Å². The summed E-state index contributed by atoms with van der Waals surface area (Å²) >= 11 is 0. The van der Waals surface area contributed by atoms with Crippen molar-refractivity contribution in [3.05, 3.63) is 42.1 Å². The topological polar surface area (TPSA) is 80.3 Å². The molecule has 2 atom stereocenters. The van der Waals surface area contributed by atoms with Crippen LogP contribution in [0.1, 0.15) is 67.4 Å². The van der Waals surface area contributed by atoms with Crippen molar-refractivity contribution in [3.63, 3.8) is 0 Å². The summed E-state index contributed by atoms with van der Waals surface area (Å²) in [6, 6.07) is 5.46. The van der Waals surface area contributed by atoms with E-state index in [0.717, 1.165) is 12.8 Å². The Morgan fingerprint density at radius 1 is 1.48 bits per heavy atom. The lowest BCUT2D eigenvalue weighted by Gasteiger charge is -2.16. The summed E-state index contributed by atoms with van der Waals surface area (Å²) in [4.78, 5) is 12.3. The van der Waals surface area contributed by atoms with E-state index in [1.807, 2.05) is 17.8 Å². The fraction of sp³-hybridized carbons (Fsp3) is 0.529. The minimum Gasteiger partial charge on any atom is -0.467 e. The van der Waals surface area contributed by atoms with Gasteiger partial charge in [0.2, 0.25) is 0 Å². The summed E-state index contributed by atoms with van der Waals surface area (Å²) in [5.74, 6) is 0.303. The Morgan fingerprint density at radius 2 is 2.26 bits per heavy atom. The van der Waals surface area contributed by atoms with Crippen molar-refractivity contribution in [3.8, 4) is 0 Å². The molecule has 2 aromatic heterocycles. The van der Waals surface area contributed by atoms with Gasteiger partial charge < -0.3 is 14.8 Å².